The Morgan fingerprint density at radius 3 is 1.95 bits per heavy atom. The fourth-order valence-electron chi connectivity index (χ4n) is 3.87. The van der Waals surface area contributed by atoms with E-state index in [9.17, 15) is 14.4 Å². The summed E-state index contributed by atoms with van der Waals surface area (Å²) in [7, 11) is 4.04. The molecule has 8 heteroatoms. The molecular weight excluding hydrogens is 492 g/mol. The highest BCUT2D eigenvalue weighted by atomic mass is 16.5. The SMILES string of the molecule is CN(C)CCCOc1ccc(/C=c2\[nH]c(=O)/c(=C/c3ccc(C(=O)NCc4ccccc4)cc3)[nH]c2=O)cc1. The van der Waals surface area contributed by atoms with Crippen LogP contribution in [0.4, 0.5) is 0 Å². The summed E-state index contributed by atoms with van der Waals surface area (Å²) in [6.45, 7) is 2.01. The molecule has 3 aromatic carbocycles. The molecule has 1 heterocycles. The van der Waals surface area contributed by atoms with Crippen molar-refractivity contribution in [2.75, 3.05) is 27.2 Å². The molecule has 1 aromatic heterocycles. The van der Waals surface area contributed by atoms with Crippen molar-refractivity contribution in [2.24, 2.45) is 0 Å². The molecule has 0 atom stereocenters. The third kappa shape index (κ3) is 8.15. The van der Waals surface area contributed by atoms with Crippen LogP contribution in [0.3, 0.4) is 0 Å². The molecule has 0 spiro atoms. The summed E-state index contributed by atoms with van der Waals surface area (Å²) < 4.78 is 5.74. The number of hydrogen-bond acceptors (Lipinski definition) is 5. The minimum Gasteiger partial charge on any atom is -0.494 e. The van der Waals surface area contributed by atoms with Gasteiger partial charge in [0.1, 0.15) is 16.4 Å². The summed E-state index contributed by atoms with van der Waals surface area (Å²) in [5.41, 5.74) is 2.11. The van der Waals surface area contributed by atoms with Crippen molar-refractivity contribution in [2.45, 2.75) is 13.0 Å². The largest absolute Gasteiger partial charge is 0.494 e. The lowest BCUT2D eigenvalue weighted by Gasteiger charge is -2.10. The minimum atomic E-state index is -0.425. The molecule has 0 bridgehead atoms. The van der Waals surface area contributed by atoms with Gasteiger partial charge in [0, 0.05) is 18.7 Å². The zero-order valence-corrected chi connectivity index (χ0v) is 22.1. The number of hydrogen-bond donors (Lipinski definition) is 3. The van der Waals surface area contributed by atoms with Gasteiger partial charge in [-0.15, -0.1) is 0 Å². The number of carbonyl (C=O) groups excluding carboxylic acids is 1. The van der Waals surface area contributed by atoms with E-state index in [0.29, 0.717) is 24.3 Å². The molecule has 0 fully saturated rings. The third-order valence-electron chi connectivity index (χ3n) is 5.97. The average Bonchev–Trinajstić information content (AvgIpc) is 2.94. The number of H-pyrrole nitrogens is 2. The van der Waals surface area contributed by atoms with Gasteiger partial charge in [-0.1, -0.05) is 54.6 Å². The van der Waals surface area contributed by atoms with E-state index in [2.05, 4.69) is 20.2 Å². The number of rotatable bonds is 10. The predicted octanol–water partition coefficient (Wildman–Crippen LogP) is 1.98. The maximum Gasteiger partial charge on any atom is 0.272 e. The molecule has 39 heavy (non-hydrogen) atoms. The van der Waals surface area contributed by atoms with E-state index in [1.807, 2.05) is 68.7 Å². The summed E-state index contributed by atoms with van der Waals surface area (Å²) in [5.74, 6) is 0.554. The molecular formula is C31H32N4O4. The van der Waals surface area contributed by atoms with Crippen LogP contribution in [0.25, 0.3) is 12.2 Å². The van der Waals surface area contributed by atoms with Crippen molar-refractivity contribution >= 4 is 18.1 Å². The van der Waals surface area contributed by atoms with Crippen LogP contribution in [0.15, 0.2) is 88.5 Å². The number of ether oxygens (including phenoxy) is 1. The molecule has 0 aliphatic rings. The second-order valence-electron chi connectivity index (χ2n) is 9.39. The normalized spacial score (nSPS) is 12.1. The molecule has 0 saturated heterocycles. The Hall–Kier alpha value is -4.69. The zero-order valence-electron chi connectivity index (χ0n) is 22.1. The van der Waals surface area contributed by atoms with Crippen molar-refractivity contribution in [1.82, 2.24) is 20.2 Å². The second kappa shape index (κ2) is 13.2. The Morgan fingerprint density at radius 1 is 0.821 bits per heavy atom. The Morgan fingerprint density at radius 2 is 1.38 bits per heavy atom. The number of benzene rings is 3. The van der Waals surface area contributed by atoms with Crippen LogP contribution in [0.1, 0.15) is 33.5 Å². The van der Waals surface area contributed by atoms with Crippen molar-refractivity contribution in [3.63, 3.8) is 0 Å². The summed E-state index contributed by atoms with van der Waals surface area (Å²) in [6, 6.07) is 23.8. The smallest absolute Gasteiger partial charge is 0.272 e. The number of aromatic nitrogens is 2. The third-order valence-corrected chi connectivity index (χ3v) is 5.97. The van der Waals surface area contributed by atoms with Crippen LogP contribution < -0.4 is 31.9 Å². The highest BCUT2D eigenvalue weighted by molar-refractivity contribution is 5.94. The molecule has 0 aliphatic heterocycles. The lowest BCUT2D eigenvalue weighted by Crippen LogP contribution is -2.46. The van der Waals surface area contributed by atoms with Crippen LogP contribution in [0, 0.1) is 0 Å². The first-order valence-electron chi connectivity index (χ1n) is 12.7. The lowest BCUT2D eigenvalue weighted by molar-refractivity contribution is 0.0951. The van der Waals surface area contributed by atoms with Crippen LogP contribution in [-0.4, -0.2) is 48.0 Å². The lowest BCUT2D eigenvalue weighted by atomic mass is 10.1. The highest BCUT2D eigenvalue weighted by Gasteiger charge is 2.05. The molecule has 0 radical (unpaired) electrons. The van der Waals surface area contributed by atoms with E-state index in [1.165, 1.54) is 0 Å². The van der Waals surface area contributed by atoms with Gasteiger partial charge in [0.15, 0.2) is 0 Å². The van der Waals surface area contributed by atoms with Crippen LogP contribution in [0.5, 0.6) is 5.75 Å². The van der Waals surface area contributed by atoms with Crippen LogP contribution in [-0.2, 0) is 6.54 Å². The Balaban J connectivity index is 1.43. The highest BCUT2D eigenvalue weighted by Crippen LogP contribution is 2.12. The number of aromatic amines is 2. The Labute approximate surface area is 226 Å². The standard InChI is InChI=1S/C31H32N4O4/c1-35(2)17-6-18-39-26-15-11-23(12-16-26)20-28-31(38)33-27(30(37)34-28)19-22-9-13-25(14-10-22)29(36)32-21-24-7-4-3-5-8-24/h3-5,7-16,19-20H,6,17-18,21H2,1-2H3,(H,32,36)(H,33,38)(H,34,37)/b27-19-,28-20-. The van der Waals surface area contributed by atoms with Gasteiger partial charge >= 0.3 is 0 Å². The average molecular weight is 525 g/mol. The summed E-state index contributed by atoms with van der Waals surface area (Å²) in [5, 5.41) is 3.16. The first kappa shape index (κ1) is 27.3. The van der Waals surface area contributed by atoms with Gasteiger partial charge in [-0.05, 0) is 73.6 Å². The van der Waals surface area contributed by atoms with Gasteiger partial charge in [-0.25, -0.2) is 0 Å². The molecule has 8 nitrogen and oxygen atoms in total. The quantitative estimate of drug-likeness (QED) is 0.275. The maximum atomic E-state index is 12.7. The van der Waals surface area contributed by atoms with E-state index >= 15 is 0 Å². The van der Waals surface area contributed by atoms with Gasteiger partial charge in [0.2, 0.25) is 0 Å². The molecule has 1 amide bonds. The first-order chi connectivity index (χ1) is 18.9. The van der Waals surface area contributed by atoms with Crippen molar-refractivity contribution in [3.8, 4) is 5.75 Å². The Kier molecular flexibility index (Phi) is 9.26. The maximum absolute atomic E-state index is 12.7. The molecule has 3 N–H and O–H groups in total. The van der Waals surface area contributed by atoms with Crippen molar-refractivity contribution < 1.29 is 9.53 Å². The first-order valence-corrected chi connectivity index (χ1v) is 12.7. The minimum absolute atomic E-state index is 0.125. The molecule has 0 unspecified atom stereocenters. The van der Waals surface area contributed by atoms with E-state index in [0.717, 1.165) is 29.8 Å². The van der Waals surface area contributed by atoms with Crippen LogP contribution >= 0.6 is 0 Å². The van der Waals surface area contributed by atoms with Gasteiger partial charge in [0.05, 0.1) is 6.61 Å². The Bertz CT molecular complexity index is 1620. The number of nitrogens with one attached hydrogen (secondary N) is 3. The summed E-state index contributed by atoms with van der Waals surface area (Å²) >= 11 is 0. The van der Waals surface area contributed by atoms with E-state index in [-0.39, 0.29) is 16.6 Å². The monoisotopic (exact) mass is 524 g/mol. The fourth-order valence-corrected chi connectivity index (χ4v) is 3.87. The van der Waals surface area contributed by atoms with Gasteiger partial charge in [-0.2, -0.15) is 0 Å². The summed E-state index contributed by atoms with van der Waals surface area (Å²) in [4.78, 5) is 45.2. The van der Waals surface area contributed by atoms with E-state index in [1.54, 1.807) is 36.4 Å². The zero-order chi connectivity index (χ0) is 27.6. The van der Waals surface area contributed by atoms with E-state index in [4.69, 9.17) is 4.74 Å². The molecule has 200 valence electrons. The van der Waals surface area contributed by atoms with Gasteiger partial charge in [-0.3, -0.25) is 14.4 Å². The molecule has 0 saturated carbocycles. The number of amides is 1. The molecule has 0 aliphatic carbocycles. The molecule has 4 rings (SSSR count). The second-order valence-corrected chi connectivity index (χ2v) is 9.39. The number of carbonyl (C=O) groups is 1. The predicted molar refractivity (Wildman–Crippen MR) is 153 cm³/mol. The van der Waals surface area contributed by atoms with Crippen LogP contribution in [0.2, 0.25) is 0 Å². The van der Waals surface area contributed by atoms with Gasteiger partial charge in [0.25, 0.3) is 17.0 Å². The van der Waals surface area contributed by atoms with Crippen molar-refractivity contribution in [3.05, 3.63) is 133 Å². The van der Waals surface area contributed by atoms with Crippen molar-refractivity contribution in [1.29, 1.82) is 0 Å². The number of nitrogens with zero attached hydrogens (tertiary/aromatic N) is 1. The van der Waals surface area contributed by atoms with Gasteiger partial charge < -0.3 is 24.9 Å². The fraction of sp³-hybridized carbons (Fsp3) is 0.194. The molecule has 4 aromatic rings. The summed E-state index contributed by atoms with van der Waals surface area (Å²) in [6.07, 6.45) is 4.11. The van der Waals surface area contributed by atoms with E-state index < -0.39 is 11.1 Å². The topological polar surface area (TPSA) is 107 Å².